The van der Waals surface area contributed by atoms with Crippen molar-refractivity contribution in [1.29, 1.82) is 0 Å². The summed E-state index contributed by atoms with van der Waals surface area (Å²) in [7, 11) is 0. The largest absolute Gasteiger partial charge is 0.352 e. The number of nitrogens with one attached hydrogen (secondary N) is 2. The second kappa shape index (κ2) is 6.88. The van der Waals surface area contributed by atoms with Crippen molar-refractivity contribution in [2.24, 2.45) is 0 Å². The van der Waals surface area contributed by atoms with E-state index in [2.05, 4.69) is 15.5 Å². The van der Waals surface area contributed by atoms with Gasteiger partial charge in [0.15, 0.2) is 0 Å². The summed E-state index contributed by atoms with van der Waals surface area (Å²) in [5, 5.41) is 10.5. The SMILES string of the molecule is CCN(CC)C(=O)CCNC(=O)c1ccc2cn[nH]c2c1. The Morgan fingerprint density at radius 2 is 2.05 bits per heavy atom. The molecule has 2 aromatic rings. The van der Waals surface area contributed by atoms with Crippen molar-refractivity contribution in [3.05, 3.63) is 30.0 Å². The van der Waals surface area contributed by atoms with Crippen molar-refractivity contribution >= 4 is 22.7 Å². The van der Waals surface area contributed by atoms with E-state index in [4.69, 9.17) is 0 Å². The molecule has 0 unspecified atom stereocenters. The van der Waals surface area contributed by atoms with Crippen LogP contribution in [0.2, 0.25) is 0 Å². The zero-order valence-electron chi connectivity index (χ0n) is 12.3. The monoisotopic (exact) mass is 288 g/mol. The average Bonchev–Trinajstić information content (AvgIpc) is 2.95. The van der Waals surface area contributed by atoms with Gasteiger partial charge >= 0.3 is 0 Å². The Kier molecular flexibility index (Phi) is 4.92. The maximum Gasteiger partial charge on any atom is 0.251 e. The second-order valence-electron chi connectivity index (χ2n) is 4.74. The van der Waals surface area contributed by atoms with E-state index in [1.165, 1.54) is 0 Å². The lowest BCUT2D eigenvalue weighted by molar-refractivity contribution is -0.130. The van der Waals surface area contributed by atoms with Gasteiger partial charge in [-0.25, -0.2) is 0 Å². The first-order valence-electron chi connectivity index (χ1n) is 7.14. The number of benzene rings is 1. The van der Waals surface area contributed by atoms with Crippen molar-refractivity contribution in [3.8, 4) is 0 Å². The number of hydrogen-bond donors (Lipinski definition) is 2. The molecule has 0 aliphatic carbocycles. The quantitative estimate of drug-likeness (QED) is 0.846. The number of carbonyl (C=O) groups excluding carboxylic acids is 2. The normalized spacial score (nSPS) is 10.6. The Hall–Kier alpha value is -2.37. The van der Waals surface area contributed by atoms with Crippen molar-refractivity contribution in [1.82, 2.24) is 20.4 Å². The minimum Gasteiger partial charge on any atom is -0.352 e. The fourth-order valence-electron chi connectivity index (χ4n) is 2.20. The van der Waals surface area contributed by atoms with Crippen LogP contribution in [0.1, 0.15) is 30.6 Å². The van der Waals surface area contributed by atoms with Crippen molar-refractivity contribution in [2.45, 2.75) is 20.3 Å². The summed E-state index contributed by atoms with van der Waals surface area (Å²) in [6.07, 6.45) is 2.03. The third-order valence-corrected chi connectivity index (χ3v) is 3.44. The number of nitrogens with zero attached hydrogens (tertiary/aromatic N) is 2. The lowest BCUT2D eigenvalue weighted by Crippen LogP contribution is -2.34. The summed E-state index contributed by atoms with van der Waals surface area (Å²) in [6.45, 7) is 5.62. The smallest absolute Gasteiger partial charge is 0.251 e. The molecule has 6 heteroatoms. The van der Waals surface area contributed by atoms with Crippen LogP contribution in [0.4, 0.5) is 0 Å². The van der Waals surface area contributed by atoms with E-state index in [0.29, 0.717) is 31.6 Å². The molecule has 1 aromatic carbocycles. The zero-order chi connectivity index (χ0) is 15.2. The molecule has 1 heterocycles. The van der Waals surface area contributed by atoms with E-state index in [1.54, 1.807) is 23.2 Å². The van der Waals surface area contributed by atoms with Gasteiger partial charge in [0.05, 0.1) is 11.7 Å². The number of carbonyl (C=O) groups is 2. The van der Waals surface area contributed by atoms with Gasteiger partial charge in [0.2, 0.25) is 5.91 Å². The molecule has 0 aliphatic heterocycles. The van der Waals surface area contributed by atoms with Crippen LogP contribution in [0, 0.1) is 0 Å². The second-order valence-corrected chi connectivity index (χ2v) is 4.74. The molecule has 0 fully saturated rings. The van der Waals surface area contributed by atoms with E-state index in [-0.39, 0.29) is 11.8 Å². The zero-order valence-corrected chi connectivity index (χ0v) is 12.3. The summed E-state index contributed by atoms with van der Waals surface area (Å²) in [6, 6.07) is 5.35. The van der Waals surface area contributed by atoms with Crippen LogP contribution in [0.5, 0.6) is 0 Å². The number of amides is 2. The van der Waals surface area contributed by atoms with Crippen LogP contribution in [0.25, 0.3) is 10.9 Å². The molecule has 0 radical (unpaired) electrons. The van der Waals surface area contributed by atoms with Gasteiger partial charge in [0.25, 0.3) is 5.91 Å². The van der Waals surface area contributed by atoms with Crippen LogP contribution in [-0.4, -0.2) is 46.5 Å². The van der Waals surface area contributed by atoms with Gasteiger partial charge in [-0.2, -0.15) is 5.10 Å². The molecule has 0 bridgehead atoms. The minimum atomic E-state index is -0.182. The van der Waals surface area contributed by atoms with E-state index in [0.717, 1.165) is 10.9 Å². The first-order chi connectivity index (χ1) is 10.2. The first kappa shape index (κ1) is 15.0. The maximum atomic E-state index is 12.0. The Morgan fingerprint density at radius 3 is 2.76 bits per heavy atom. The highest BCUT2D eigenvalue weighted by Gasteiger charge is 2.11. The Bertz CT molecular complexity index is 631. The first-order valence-corrected chi connectivity index (χ1v) is 7.14. The molecule has 0 aliphatic rings. The number of fused-ring (bicyclic) bond motifs is 1. The summed E-state index contributed by atoms with van der Waals surface area (Å²) < 4.78 is 0. The predicted molar refractivity (Wildman–Crippen MR) is 81.0 cm³/mol. The summed E-state index contributed by atoms with van der Waals surface area (Å²) in [5.74, 6) is -0.122. The van der Waals surface area contributed by atoms with Gasteiger partial charge in [-0.3, -0.25) is 14.7 Å². The topological polar surface area (TPSA) is 78.1 Å². The number of aromatic amines is 1. The van der Waals surface area contributed by atoms with Gasteiger partial charge < -0.3 is 10.2 Å². The fourth-order valence-corrected chi connectivity index (χ4v) is 2.20. The molecule has 112 valence electrons. The van der Waals surface area contributed by atoms with Crippen LogP contribution < -0.4 is 5.32 Å². The van der Waals surface area contributed by atoms with Gasteiger partial charge in [-0.1, -0.05) is 6.07 Å². The lowest BCUT2D eigenvalue weighted by Gasteiger charge is -2.18. The minimum absolute atomic E-state index is 0.0596. The summed E-state index contributed by atoms with van der Waals surface area (Å²) >= 11 is 0. The van der Waals surface area contributed by atoms with Gasteiger partial charge in [0.1, 0.15) is 0 Å². The fraction of sp³-hybridized carbons (Fsp3) is 0.400. The number of hydrogen-bond acceptors (Lipinski definition) is 3. The van der Waals surface area contributed by atoms with Crippen molar-refractivity contribution < 1.29 is 9.59 Å². The lowest BCUT2D eigenvalue weighted by atomic mass is 10.1. The number of aromatic nitrogens is 2. The molecule has 1 aromatic heterocycles. The van der Waals surface area contributed by atoms with E-state index < -0.39 is 0 Å². The highest BCUT2D eigenvalue weighted by atomic mass is 16.2. The molecule has 0 saturated heterocycles. The molecule has 21 heavy (non-hydrogen) atoms. The van der Waals surface area contributed by atoms with E-state index >= 15 is 0 Å². The van der Waals surface area contributed by atoms with Gasteiger partial charge in [-0.05, 0) is 26.0 Å². The molecule has 0 atom stereocenters. The highest BCUT2D eigenvalue weighted by molar-refractivity contribution is 5.97. The highest BCUT2D eigenvalue weighted by Crippen LogP contribution is 2.12. The Labute approximate surface area is 123 Å². The van der Waals surface area contributed by atoms with Crippen LogP contribution in [-0.2, 0) is 4.79 Å². The van der Waals surface area contributed by atoms with Crippen molar-refractivity contribution in [3.63, 3.8) is 0 Å². The van der Waals surface area contributed by atoms with Gasteiger partial charge in [0, 0.05) is 37.0 Å². The molecule has 6 nitrogen and oxygen atoms in total. The Balaban J connectivity index is 1.88. The predicted octanol–water partition coefficient (Wildman–Crippen LogP) is 1.55. The molecule has 0 saturated carbocycles. The summed E-state index contributed by atoms with van der Waals surface area (Å²) in [4.78, 5) is 25.6. The third-order valence-electron chi connectivity index (χ3n) is 3.44. The van der Waals surface area contributed by atoms with Crippen LogP contribution in [0.3, 0.4) is 0 Å². The molecular weight excluding hydrogens is 268 g/mol. The molecule has 0 spiro atoms. The molecule has 2 amide bonds. The number of H-pyrrole nitrogens is 1. The van der Waals surface area contributed by atoms with Crippen LogP contribution in [0.15, 0.2) is 24.4 Å². The molecule has 2 rings (SSSR count). The van der Waals surface area contributed by atoms with Crippen LogP contribution >= 0.6 is 0 Å². The third kappa shape index (κ3) is 3.59. The number of rotatable bonds is 6. The maximum absolute atomic E-state index is 12.0. The average molecular weight is 288 g/mol. The standard InChI is InChI=1S/C15H20N4O2/c1-3-19(4-2)14(20)7-8-16-15(21)11-5-6-12-10-17-18-13(12)9-11/h5-6,9-10H,3-4,7-8H2,1-2H3,(H,16,21)(H,17,18). The van der Waals surface area contributed by atoms with E-state index in [1.807, 2.05) is 19.9 Å². The van der Waals surface area contributed by atoms with Crippen molar-refractivity contribution in [2.75, 3.05) is 19.6 Å². The molecular formula is C15H20N4O2. The van der Waals surface area contributed by atoms with E-state index in [9.17, 15) is 9.59 Å². The Morgan fingerprint density at radius 1 is 1.29 bits per heavy atom. The summed E-state index contributed by atoms with van der Waals surface area (Å²) in [5.41, 5.74) is 1.38. The molecule has 2 N–H and O–H groups in total. The van der Waals surface area contributed by atoms with Gasteiger partial charge in [-0.15, -0.1) is 0 Å².